The number of rotatable bonds is 4. The lowest BCUT2D eigenvalue weighted by molar-refractivity contribution is 0.243. The van der Waals surface area contributed by atoms with Gasteiger partial charge in [0.25, 0.3) is 5.89 Å². The first kappa shape index (κ1) is 13.0. The van der Waals surface area contributed by atoms with Gasteiger partial charge in [0.05, 0.1) is 0 Å². The van der Waals surface area contributed by atoms with Gasteiger partial charge in [-0.2, -0.15) is 4.98 Å². The van der Waals surface area contributed by atoms with Crippen LogP contribution in [0.15, 0.2) is 41.2 Å². The quantitative estimate of drug-likeness (QED) is 0.731. The average Bonchev–Trinajstić information content (AvgIpc) is 2.96. The van der Waals surface area contributed by atoms with Crippen molar-refractivity contribution in [2.45, 2.75) is 13.5 Å². The van der Waals surface area contributed by atoms with Gasteiger partial charge in [-0.3, -0.25) is 0 Å². The Balaban J connectivity index is 1.67. The third kappa shape index (κ3) is 3.14. The van der Waals surface area contributed by atoms with E-state index in [4.69, 9.17) is 15.0 Å². The van der Waals surface area contributed by atoms with Crippen molar-refractivity contribution < 1.29 is 9.26 Å². The molecule has 0 saturated heterocycles. The highest BCUT2D eigenvalue weighted by Crippen LogP contribution is 2.15. The maximum absolute atomic E-state index is 5.60. The molecule has 3 aromatic rings. The third-order valence-electron chi connectivity index (χ3n) is 2.69. The van der Waals surface area contributed by atoms with Gasteiger partial charge in [-0.25, -0.2) is 9.97 Å². The van der Waals surface area contributed by atoms with Crippen LogP contribution in [0.25, 0.3) is 11.6 Å². The normalized spacial score (nSPS) is 10.5. The summed E-state index contributed by atoms with van der Waals surface area (Å²) >= 11 is 0. The largest absolute Gasteiger partial charge is 0.484 e. The third-order valence-corrected chi connectivity index (χ3v) is 2.69. The van der Waals surface area contributed by atoms with E-state index < -0.39 is 0 Å². The summed E-state index contributed by atoms with van der Waals surface area (Å²) < 4.78 is 10.6. The predicted octanol–water partition coefficient (Wildman–Crippen LogP) is 2.00. The lowest BCUT2D eigenvalue weighted by Gasteiger charge is -2.02. The summed E-state index contributed by atoms with van der Waals surface area (Å²) in [7, 11) is 0. The molecule has 0 saturated carbocycles. The average molecular weight is 283 g/mol. The Labute approximate surface area is 120 Å². The van der Waals surface area contributed by atoms with Crippen LogP contribution in [-0.4, -0.2) is 20.1 Å². The van der Waals surface area contributed by atoms with Crippen molar-refractivity contribution in [2.24, 2.45) is 0 Å². The van der Waals surface area contributed by atoms with Crippen molar-refractivity contribution in [2.75, 3.05) is 5.73 Å². The van der Waals surface area contributed by atoms with E-state index in [9.17, 15) is 0 Å². The van der Waals surface area contributed by atoms with E-state index in [-0.39, 0.29) is 6.61 Å². The van der Waals surface area contributed by atoms with Crippen molar-refractivity contribution in [1.82, 2.24) is 20.1 Å². The maximum atomic E-state index is 5.60. The second-order valence-electron chi connectivity index (χ2n) is 4.45. The lowest BCUT2D eigenvalue weighted by Crippen LogP contribution is -1.96. The summed E-state index contributed by atoms with van der Waals surface area (Å²) in [5, 5.41) is 3.83. The van der Waals surface area contributed by atoms with Crippen molar-refractivity contribution >= 4 is 5.69 Å². The number of hydrogen-bond donors (Lipinski definition) is 1. The topological polar surface area (TPSA) is 100.0 Å². The van der Waals surface area contributed by atoms with Gasteiger partial charge >= 0.3 is 0 Å². The molecule has 2 N–H and O–H groups in total. The van der Waals surface area contributed by atoms with Crippen LogP contribution in [0, 0.1) is 6.92 Å². The van der Waals surface area contributed by atoms with Crippen LogP contribution in [0.1, 0.15) is 11.5 Å². The number of benzene rings is 1. The molecule has 0 aliphatic heterocycles. The Morgan fingerprint density at radius 3 is 2.52 bits per heavy atom. The molecular weight excluding hydrogens is 270 g/mol. The van der Waals surface area contributed by atoms with Crippen LogP contribution in [-0.2, 0) is 6.61 Å². The van der Waals surface area contributed by atoms with E-state index in [0.29, 0.717) is 29.0 Å². The summed E-state index contributed by atoms with van der Waals surface area (Å²) in [5.74, 6) is 1.79. The number of nitrogens with two attached hydrogens (primary N) is 1. The Hall–Kier alpha value is -2.96. The molecule has 7 heteroatoms. The first-order valence-electron chi connectivity index (χ1n) is 6.30. The second-order valence-corrected chi connectivity index (χ2v) is 4.45. The van der Waals surface area contributed by atoms with Gasteiger partial charge < -0.3 is 15.0 Å². The van der Waals surface area contributed by atoms with Crippen molar-refractivity contribution in [3.8, 4) is 17.4 Å². The number of hydrogen-bond acceptors (Lipinski definition) is 7. The molecule has 1 aromatic carbocycles. The molecular formula is C14H13N5O2. The molecule has 0 aliphatic carbocycles. The molecule has 0 spiro atoms. The SMILES string of the molecule is Cc1cnc(-c2noc(COc3ccc(N)cc3)n2)nc1. The Kier molecular flexibility index (Phi) is 3.46. The number of aromatic nitrogens is 4. The molecule has 106 valence electrons. The maximum Gasteiger partial charge on any atom is 0.264 e. The van der Waals surface area contributed by atoms with Gasteiger partial charge in [-0.05, 0) is 36.8 Å². The summed E-state index contributed by atoms with van der Waals surface area (Å²) in [6.07, 6.45) is 3.40. The Morgan fingerprint density at radius 1 is 1.10 bits per heavy atom. The van der Waals surface area contributed by atoms with Crippen LogP contribution in [0.5, 0.6) is 5.75 Å². The van der Waals surface area contributed by atoms with Crippen molar-refractivity contribution in [1.29, 1.82) is 0 Å². The highest BCUT2D eigenvalue weighted by Gasteiger charge is 2.11. The van der Waals surface area contributed by atoms with Crippen LogP contribution < -0.4 is 10.5 Å². The first-order chi connectivity index (χ1) is 10.2. The molecule has 3 rings (SSSR count). The highest BCUT2D eigenvalue weighted by atomic mass is 16.5. The number of nitrogen functional groups attached to an aromatic ring is 1. The van der Waals surface area contributed by atoms with E-state index in [1.54, 1.807) is 36.7 Å². The Bertz CT molecular complexity index is 722. The van der Waals surface area contributed by atoms with E-state index >= 15 is 0 Å². The molecule has 0 amide bonds. The molecule has 0 aliphatic rings. The number of ether oxygens (including phenoxy) is 1. The van der Waals surface area contributed by atoms with Gasteiger partial charge in [-0.1, -0.05) is 5.16 Å². The minimum atomic E-state index is 0.169. The first-order valence-corrected chi connectivity index (χ1v) is 6.30. The van der Waals surface area contributed by atoms with Gasteiger partial charge in [-0.15, -0.1) is 0 Å². The minimum absolute atomic E-state index is 0.169. The van der Waals surface area contributed by atoms with Crippen LogP contribution in [0.3, 0.4) is 0 Å². The van der Waals surface area contributed by atoms with E-state index in [2.05, 4.69) is 20.1 Å². The van der Waals surface area contributed by atoms with E-state index in [0.717, 1.165) is 5.56 Å². The van der Waals surface area contributed by atoms with Gasteiger partial charge in [0, 0.05) is 18.1 Å². The van der Waals surface area contributed by atoms with Crippen molar-refractivity contribution in [3.63, 3.8) is 0 Å². The Morgan fingerprint density at radius 2 is 1.81 bits per heavy atom. The number of nitrogens with zero attached hydrogens (tertiary/aromatic N) is 4. The summed E-state index contributed by atoms with van der Waals surface area (Å²) in [4.78, 5) is 12.5. The number of anilines is 1. The predicted molar refractivity (Wildman–Crippen MR) is 75.2 cm³/mol. The molecule has 0 atom stereocenters. The lowest BCUT2D eigenvalue weighted by atomic mass is 10.3. The highest BCUT2D eigenvalue weighted by molar-refractivity contribution is 5.42. The zero-order valence-electron chi connectivity index (χ0n) is 11.4. The molecule has 2 heterocycles. The second kappa shape index (κ2) is 5.58. The van der Waals surface area contributed by atoms with E-state index in [1.807, 2.05) is 6.92 Å². The molecule has 0 bridgehead atoms. The molecule has 0 radical (unpaired) electrons. The monoisotopic (exact) mass is 283 g/mol. The molecule has 2 aromatic heterocycles. The van der Waals surface area contributed by atoms with Gasteiger partial charge in [0.2, 0.25) is 11.6 Å². The summed E-state index contributed by atoms with van der Waals surface area (Å²) in [5.41, 5.74) is 7.25. The fraction of sp³-hybridized carbons (Fsp3) is 0.143. The molecule has 0 unspecified atom stereocenters. The van der Waals surface area contributed by atoms with Crippen LogP contribution in [0.2, 0.25) is 0 Å². The molecule has 0 fully saturated rings. The standard InChI is InChI=1S/C14H13N5O2/c1-9-6-16-13(17-7-9)14-18-12(21-19-14)8-20-11-4-2-10(15)3-5-11/h2-7H,8,15H2,1H3. The minimum Gasteiger partial charge on any atom is -0.484 e. The molecule has 7 nitrogen and oxygen atoms in total. The smallest absolute Gasteiger partial charge is 0.264 e. The summed E-state index contributed by atoms with van der Waals surface area (Å²) in [6.45, 7) is 2.08. The number of aryl methyl sites for hydroxylation is 1. The van der Waals surface area contributed by atoms with Gasteiger partial charge in [0.15, 0.2) is 6.61 Å². The summed E-state index contributed by atoms with van der Waals surface area (Å²) in [6, 6.07) is 7.06. The molecule has 21 heavy (non-hydrogen) atoms. The van der Waals surface area contributed by atoms with Crippen molar-refractivity contribution in [3.05, 3.63) is 48.1 Å². The van der Waals surface area contributed by atoms with E-state index in [1.165, 1.54) is 0 Å². The van der Waals surface area contributed by atoms with Crippen LogP contribution >= 0.6 is 0 Å². The zero-order valence-corrected chi connectivity index (χ0v) is 11.4. The fourth-order valence-corrected chi connectivity index (χ4v) is 1.62. The van der Waals surface area contributed by atoms with Crippen LogP contribution in [0.4, 0.5) is 5.69 Å². The van der Waals surface area contributed by atoms with Gasteiger partial charge in [0.1, 0.15) is 5.75 Å². The fourth-order valence-electron chi connectivity index (χ4n) is 1.62. The zero-order chi connectivity index (χ0) is 14.7.